The van der Waals surface area contributed by atoms with Crippen molar-refractivity contribution in [2.24, 2.45) is 5.92 Å². The molecule has 6 heteroatoms. The van der Waals surface area contributed by atoms with Crippen LogP contribution in [0.25, 0.3) is 0 Å². The molecule has 1 aromatic rings. The summed E-state index contributed by atoms with van der Waals surface area (Å²) in [5.41, 5.74) is 0.825. The summed E-state index contributed by atoms with van der Waals surface area (Å²) >= 11 is 0. The lowest BCUT2D eigenvalue weighted by Crippen LogP contribution is -2.50. The Hall–Kier alpha value is -1.95. The highest BCUT2D eigenvalue weighted by atomic mass is 16.6. The zero-order valence-electron chi connectivity index (χ0n) is 10.1. The maximum absolute atomic E-state index is 11.9. The number of carbonyl (C=O) groups excluding carboxylic acids is 1. The van der Waals surface area contributed by atoms with Crippen molar-refractivity contribution in [1.82, 2.24) is 10.2 Å². The third-order valence-electron chi connectivity index (χ3n) is 3.05. The van der Waals surface area contributed by atoms with Crippen LogP contribution < -0.4 is 5.32 Å². The number of nitro benzene ring substituents is 1. The van der Waals surface area contributed by atoms with Crippen LogP contribution in [0.15, 0.2) is 24.3 Å². The second kappa shape index (κ2) is 5.14. The first-order chi connectivity index (χ1) is 8.58. The van der Waals surface area contributed by atoms with E-state index in [1.165, 1.54) is 12.1 Å². The topological polar surface area (TPSA) is 75.5 Å². The van der Waals surface area contributed by atoms with Gasteiger partial charge in [-0.15, -0.1) is 0 Å². The molecule has 1 saturated heterocycles. The second-order valence-electron chi connectivity index (χ2n) is 4.48. The number of nitrogens with zero attached hydrogens (tertiary/aromatic N) is 2. The fraction of sp³-hybridized carbons (Fsp3) is 0.417. The molecule has 0 radical (unpaired) electrons. The minimum Gasteiger partial charge on any atom is -0.341 e. The molecule has 0 saturated carbocycles. The molecule has 96 valence electrons. The van der Waals surface area contributed by atoms with Crippen molar-refractivity contribution >= 4 is 11.6 Å². The highest BCUT2D eigenvalue weighted by Crippen LogP contribution is 2.15. The van der Waals surface area contributed by atoms with E-state index in [1.54, 1.807) is 24.1 Å². The summed E-state index contributed by atoms with van der Waals surface area (Å²) in [5, 5.41) is 13.7. The Balaban J connectivity index is 2.01. The summed E-state index contributed by atoms with van der Waals surface area (Å²) in [4.78, 5) is 23.7. The van der Waals surface area contributed by atoms with Crippen LogP contribution in [0.4, 0.5) is 5.69 Å². The molecular formula is C12H15N3O3. The molecule has 1 aromatic carbocycles. The molecule has 18 heavy (non-hydrogen) atoms. The quantitative estimate of drug-likeness (QED) is 0.631. The van der Waals surface area contributed by atoms with E-state index in [0.717, 1.165) is 18.7 Å². The Morgan fingerprint density at radius 2 is 2.28 bits per heavy atom. The van der Waals surface area contributed by atoms with Crippen LogP contribution in [0, 0.1) is 16.0 Å². The van der Waals surface area contributed by atoms with Gasteiger partial charge in [0.15, 0.2) is 0 Å². The Morgan fingerprint density at radius 1 is 1.56 bits per heavy atom. The first kappa shape index (κ1) is 12.5. The van der Waals surface area contributed by atoms with Crippen LogP contribution >= 0.6 is 0 Å². The van der Waals surface area contributed by atoms with Crippen LogP contribution in [-0.4, -0.2) is 35.9 Å². The van der Waals surface area contributed by atoms with Gasteiger partial charge in [0.2, 0.25) is 5.91 Å². The van der Waals surface area contributed by atoms with Crippen LogP contribution in [0.1, 0.15) is 5.56 Å². The van der Waals surface area contributed by atoms with Crippen LogP contribution in [-0.2, 0) is 11.3 Å². The fourth-order valence-electron chi connectivity index (χ4n) is 1.90. The molecule has 0 aliphatic carbocycles. The summed E-state index contributed by atoms with van der Waals surface area (Å²) in [6, 6.07) is 6.37. The minimum atomic E-state index is -0.429. The smallest absolute Gasteiger partial charge is 0.269 e. The highest BCUT2D eigenvalue weighted by Gasteiger charge is 2.27. The predicted octanol–water partition coefficient (Wildman–Crippen LogP) is 0.773. The molecule has 1 heterocycles. The molecule has 0 aromatic heterocycles. The van der Waals surface area contributed by atoms with Crippen molar-refractivity contribution in [1.29, 1.82) is 0 Å². The molecule has 2 rings (SSSR count). The Kier molecular flexibility index (Phi) is 3.57. The van der Waals surface area contributed by atoms with E-state index in [0.29, 0.717) is 6.54 Å². The average Bonchev–Trinajstić information content (AvgIpc) is 2.26. The van der Waals surface area contributed by atoms with E-state index in [2.05, 4.69) is 5.32 Å². The van der Waals surface area contributed by atoms with E-state index in [-0.39, 0.29) is 17.5 Å². The van der Waals surface area contributed by atoms with E-state index >= 15 is 0 Å². The number of hydrogen-bond donors (Lipinski definition) is 1. The Labute approximate surface area is 105 Å². The molecule has 0 atom stereocenters. The van der Waals surface area contributed by atoms with Crippen molar-refractivity contribution in [2.75, 3.05) is 20.1 Å². The zero-order chi connectivity index (χ0) is 13.1. The molecule has 0 spiro atoms. The number of nitrogens with one attached hydrogen (secondary N) is 1. The van der Waals surface area contributed by atoms with Gasteiger partial charge in [-0.3, -0.25) is 14.9 Å². The van der Waals surface area contributed by atoms with E-state index in [9.17, 15) is 14.9 Å². The maximum Gasteiger partial charge on any atom is 0.269 e. The van der Waals surface area contributed by atoms with Gasteiger partial charge < -0.3 is 10.2 Å². The molecule has 0 unspecified atom stereocenters. The highest BCUT2D eigenvalue weighted by molar-refractivity contribution is 5.79. The lowest BCUT2D eigenvalue weighted by Gasteiger charge is -2.30. The maximum atomic E-state index is 11.9. The van der Waals surface area contributed by atoms with Crippen LogP contribution in [0.2, 0.25) is 0 Å². The summed E-state index contributed by atoms with van der Waals surface area (Å²) in [7, 11) is 1.72. The number of amides is 1. The molecular weight excluding hydrogens is 234 g/mol. The molecule has 1 aliphatic heterocycles. The molecule has 1 aliphatic rings. The van der Waals surface area contributed by atoms with E-state index < -0.39 is 4.92 Å². The van der Waals surface area contributed by atoms with Gasteiger partial charge in [-0.05, 0) is 5.56 Å². The second-order valence-corrected chi connectivity index (χ2v) is 4.48. The first-order valence-electron chi connectivity index (χ1n) is 5.77. The Bertz CT molecular complexity index is 471. The summed E-state index contributed by atoms with van der Waals surface area (Å²) in [5.74, 6) is 0.133. The largest absolute Gasteiger partial charge is 0.341 e. The van der Waals surface area contributed by atoms with Gasteiger partial charge in [0, 0.05) is 38.8 Å². The normalized spacial score (nSPS) is 14.9. The summed E-state index contributed by atoms with van der Waals surface area (Å²) in [6.07, 6.45) is 0. The van der Waals surface area contributed by atoms with Crippen molar-refractivity contribution in [3.8, 4) is 0 Å². The summed E-state index contributed by atoms with van der Waals surface area (Å²) < 4.78 is 0. The molecule has 0 bridgehead atoms. The van der Waals surface area contributed by atoms with Crippen molar-refractivity contribution in [2.45, 2.75) is 6.54 Å². The first-order valence-corrected chi connectivity index (χ1v) is 5.77. The van der Waals surface area contributed by atoms with Gasteiger partial charge >= 0.3 is 0 Å². The lowest BCUT2D eigenvalue weighted by molar-refractivity contribution is -0.384. The lowest BCUT2D eigenvalue weighted by atomic mass is 10.0. The molecule has 1 fully saturated rings. The van der Waals surface area contributed by atoms with Gasteiger partial charge in [0.1, 0.15) is 0 Å². The van der Waals surface area contributed by atoms with Crippen LogP contribution in [0.3, 0.4) is 0 Å². The zero-order valence-corrected chi connectivity index (χ0v) is 10.1. The van der Waals surface area contributed by atoms with Gasteiger partial charge in [-0.2, -0.15) is 0 Å². The van der Waals surface area contributed by atoms with Gasteiger partial charge in [0.05, 0.1) is 10.8 Å². The van der Waals surface area contributed by atoms with Crippen molar-refractivity contribution in [3.63, 3.8) is 0 Å². The monoisotopic (exact) mass is 249 g/mol. The summed E-state index contributed by atoms with van der Waals surface area (Å²) in [6.45, 7) is 1.84. The standard InChI is InChI=1S/C12H15N3O3/c1-14(12(16)10-6-13-7-10)8-9-3-2-4-11(5-9)15(17)18/h2-5,10,13H,6-8H2,1H3. The number of carbonyl (C=O) groups is 1. The Morgan fingerprint density at radius 3 is 2.83 bits per heavy atom. The number of hydrogen-bond acceptors (Lipinski definition) is 4. The van der Waals surface area contributed by atoms with Crippen molar-refractivity contribution in [3.05, 3.63) is 39.9 Å². The number of non-ortho nitro benzene ring substituents is 1. The van der Waals surface area contributed by atoms with Crippen molar-refractivity contribution < 1.29 is 9.72 Å². The SMILES string of the molecule is CN(Cc1cccc([N+](=O)[O-])c1)C(=O)C1CNC1. The molecule has 6 nitrogen and oxygen atoms in total. The third kappa shape index (κ3) is 2.65. The predicted molar refractivity (Wildman–Crippen MR) is 65.9 cm³/mol. The molecule has 1 N–H and O–H groups in total. The third-order valence-corrected chi connectivity index (χ3v) is 3.05. The number of benzene rings is 1. The van der Waals surface area contributed by atoms with E-state index in [1.807, 2.05) is 0 Å². The average molecular weight is 249 g/mol. The fourth-order valence-corrected chi connectivity index (χ4v) is 1.90. The van der Waals surface area contributed by atoms with E-state index in [4.69, 9.17) is 0 Å². The van der Waals surface area contributed by atoms with Crippen LogP contribution in [0.5, 0.6) is 0 Å². The van der Waals surface area contributed by atoms with Gasteiger partial charge in [-0.25, -0.2) is 0 Å². The minimum absolute atomic E-state index is 0.0497. The van der Waals surface area contributed by atoms with Gasteiger partial charge in [0.25, 0.3) is 5.69 Å². The number of rotatable bonds is 4. The van der Waals surface area contributed by atoms with Gasteiger partial charge in [-0.1, -0.05) is 12.1 Å². The molecule has 1 amide bonds. The number of nitro groups is 1.